The highest BCUT2D eigenvalue weighted by atomic mass is 35.5. The van der Waals surface area contributed by atoms with Crippen LogP contribution in [-0.4, -0.2) is 19.1 Å². The number of rotatable bonds is 6. The molecule has 1 aromatic rings. The van der Waals surface area contributed by atoms with E-state index in [1.54, 1.807) is 12.1 Å². The molecule has 1 N–H and O–H groups in total. The number of carbonyl (C=O) groups excluding carboxylic acids is 1. The molecule has 3 nitrogen and oxygen atoms in total. The largest absolute Gasteiger partial charge is 0.465 e. The maximum atomic E-state index is 11.7. The predicted molar refractivity (Wildman–Crippen MR) is 75.4 cm³/mol. The molecule has 4 heteroatoms. The van der Waals surface area contributed by atoms with E-state index in [1.807, 2.05) is 6.07 Å². The van der Waals surface area contributed by atoms with E-state index in [-0.39, 0.29) is 5.97 Å². The van der Waals surface area contributed by atoms with Crippen LogP contribution in [0.4, 0.5) is 5.69 Å². The Hall–Kier alpha value is -1.22. The van der Waals surface area contributed by atoms with Crippen molar-refractivity contribution in [3.63, 3.8) is 0 Å². The van der Waals surface area contributed by atoms with Crippen LogP contribution in [0, 0.1) is 0 Å². The average Bonchev–Trinajstić information content (AvgIpc) is 2.37. The first kappa shape index (κ1) is 14.8. The number of halogens is 1. The van der Waals surface area contributed by atoms with Gasteiger partial charge in [0.1, 0.15) is 0 Å². The normalized spacial score (nSPS) is 12.0. The first-order valence-corrected chi connectivity index (χ1v) is 6.60. The smallest absolute Gasteiger partial charge is 0.340 e. The van der Waals surface area contributed by atoms with E-state index < -0.39 is 0 Å². The summed E-state index contributed by atoms with van der Waals surface area (Å²) < 4.78 is 4.76. The molecule has 0 fully saturated rings. The van der Waals surface area contributed by atoms with Gasteiger partial charge in [0, 0.05) is 16.8 Å². The number of ether oxygens (including phenoxy) is 1. The van der Waals surface area contributed by atoms with Gasteiger partial charge in [-0.15, -0.1) is 0 Å². The summed E-state index contributed by atoms with van der Waals surface area (Å²) in [5.41, 5.74) is 1.25. The number of carbonyl (C=O) groups is 1. The Balaban J connectivity index is 2.84. The maximum Gasteiger partial charge on any atom is 0.340 e. The highest BCUT2D eigenvalue weighted by Gasteiger charge is 2.13. The predicted octanol–water partition coefficient (Wildman–Crippen LogP) is 4.12. The standard InChI is InChI=1S/C14H20ClNO2/c1-4-5-6-10(2)16-13-8-7-11(15)9-12(13)14(17)18-3/h7-10,16H,4-6H2,1-3H3. The monoisotopic (exact) mass is 269 g/mol. The molecule has 0 amide bonds. The first-order valence-electron chi connectivity index (χ1n) is 6.22. The minimum Gasteiger partial charge on any atom is -0.465 e. The second kappa shape index (κ2) is 7.27. The molecule has 0 saturated carbocycles. The van der Waals surface area contributed by atoms with Gasteiger partial charge in [0.05, 0.1) is 12.7 Å². The molecule has 0 radical (unpaired) electrons. The highest BCUT2D eigenvalue weighted by Crippen LogP contribution is 2.23. The minimum atomic E-state index is -0.373. The molecule has 0 heterocycles. The van der Waals surface area contributed by atoms with Crippen LogP contribution in [0.5, 0.6) is 0 Å². The van der Waals surface area contributed by atoms with Gasteiger partial charge in [-0.05, 0) is 31.5 Å². The Labute approximate surface area is 113 Å². The minimum absolute atomic E-state index is 0.314. The van der Waals surface area contributed by atoms with Crippen LogP contribution in [-0.2, 0) is 4.74 Å². The zero-order chi connectivity index (χ0) is 13.5. The topological polar surface area (TPSA) is 38.3 Å². The average molecular weight is 270 g/mol. The SMILES string of the molecule is CCCCC(C)Nc1ccc(Cl)cc1C(=O)OC. The number of anilines is 1. The van der Waals surface area contributed by atoms with Crippen LogP contribution in [0.1, 0.15) is 43.5 Å². The Bertz CT molecular complexity index is 407. The van der Waals surface area contributed by atoms with E-state index in [9.17, 15) is 4.79 Å². The van der Waals surface area contributed by atoms with Crippen LogP contribution < -0.4 is 5.32 Å². The van der Waals surface area contributed by atoms with Gasteiger partial charge in [0.15, 0.2) is 0 Å². The fourth-order valence-electron chi connectivity index (χ4n) is 1.77. The molecule has 0 aliphatic rings. The summed E-state index contributed by atoms with van der Waals surface area (Å²) in [5, 5.41) is 3.86. The number of hydrogen-bond acceptors (Lipinski definition) is 3. The van der Waals surface area contributed by atoms with Gasteiger partial charge >= 0.3 is 5.97 Å². The van der Waals surface area contributed by atoms with Gasteiger partial charge in [0.2, 0.25) is 0 Å². The van der Waals surface area contributed by atoms with Crippen LogP contribution in [0.2, 0.25) is 5.02 Å². The number of unbranched alkanes of at least 4 members (excludes halogenated alkanes) is 1. The van der Waals surface area contributed by atoms with E-state index in [2.05, 4.69) is 19.2 Å². The van der Waals surface area contributed by atoms with Crippen LogP contribution >= 0.6 is 11.6 Å². The summed E-state index contributed by atoms with van der Waals surface area (Å²) in [6.45, 7) is 4.26. The second-order valence-electron chi connectivity index (χ2n) is 4.37. The summed E-state index contributed by atoms with van der Waals surface area (Å²) in [5.74, 6) is -0.373. The van der Waals surface area contributed by atoms with Gasteiger partial charge in [-0.3, -0.25) is 0 Å². The summed E-state index contributed by atoms with van der Waals surface area (Å²) in [7, 11) is 1.37. The third kappa shape index (κ3) is 4.22. The van der Waals surface area contributed by atoms with Gasteiger partial charge in [-0.2, -0.15) is 0 Å². The molecular weight excluding hydrogens is 250 g/mol. The highest BCUT2D eigenvalue weighted by molar-refractivity contribution is 6.31. The Kier molecular flexibility index (Phi) is 5.99. The molecule has 1 aromatic carbocycles. The molecule has 0 saturated heterocycles. The lowest BCUT2D eigenvalue weighted by Gasteiger charge is -2.17. The molecule has 1 atom stereocenters. The molecule has 0 aliphatic heterocycles. The molecule has 0 aromatic heterocycles. The fraction of sp³-hybridized carbons (Fsp3) is 0.500. The van der Waals surface area contributed by atoms with E-state index in [0.29, 0.717) is 16.6 Å². The van der Waals surface area contributed by atoms with E-state index in [1.165, 1.54) is 7.11 Å². The van der Waals surface area contributed by atoms with E-state index in [4.69, 9.17) is 16.3 Å². The third-order valence-corrected chi connectivity index (χ3v) is 3.01. The number of nitrogens with one attached hydrogen (secondary N) is 1. The zero-order valence-corrected chi connectivity index (χ0v) is 11.9. The number of esters is 1. The second-order valence-corrected chi connectivity index (χ2v) is 4.81. The summed E-state index contributed by atoms with van der Waals surface area (Å²) in [6, 6.07) is 5.52. The Morgan fingerprint density at radius 1 is 1.50 bits per heavy atom. The van der Waals surface area contributed by atoms with Crippen molar-refractivity contribution in [1.29, 1.82) is 0 Å². The summed E-state index contributed by atoms with van der Waals surface area (Å²) in [6.07, 6.45) is 3.39. The summed E-state index contributed by atoms with van der Waals surface area (Å²) >= 11 is 5.90. The van der Waals surface area contributed by atoms with Crippen LogP contribution in [0.3, 0.4) is 0 Å². The maximum absolute atomic E-state index is 11.7. The molecule has 18 heavy (non-hydrogen) atoms. The molecule has 1 rings (SSSR count). The van der Waals surface area contributed by atoms with Crippen molar-refractivity contribution < 1.29 is 9.53 Å². The van der Waals surface area contributed by atoms with Crippen molar-refractivity contribution >= 4 is 23.3 Å². The molecular formula is C14H20ClNO2. The number of hydrogen-bond donors (Lipinski definition) is 1. The van der Waals surface area contributed by atoms with E-state index >= 15 is 0 Å². The van der Waals surface area contributed by atoms with Crippen molar-refractivity contribution in [3.05, 3.63) is 28.8 Å². The quantitative estimate of drug-likeness (QED) is 0.790. The van der Waals surface area contributed by atoms with Crippen molar-refractivity contribution in [1.82, 2.24) is 0 Å². The molecule has 0 spiro atoms. The molecule has 0 bridgehead atoms. The molecule has 100 valence electrons. The lowest BCUT2D eigenvalue weighted by molar-refractivity contribution is 0.0602. The van der Waals surface area contributed by atoms with Gasteiger partial charge in [0.25, 0.3) is 0 Å². The van der Waals surface area contributed by atoms with Crippen molar-refractivity contribution in [2.24, 2.45) is 0 Å². The summed E-state index contributed by atoms with van der Waals surface area (Å²) in [4.78, 5) is 11.7. The lowest BCUT2D eigenvalue weighted by Crippen LogP contribution is -2.17. The Morgan fingerprint density at radius 2 is 2.22 bits per heavy atom. The van der Waals surface area contributed by atoms with Gasteiger partial charge in [-0.25, -0.2) is 4.79 Å². The first-order chi connectivity index (χ1) is 8.58. The van der Waals surface area contributed by atoms with Crippen LogP contribution in [0.25, 0.3) is 0 Å². The zero-order valence-electron chi connectivity index (χ0n) is 11.1. The third-order valence-electron chi connectivity index (χ3n) is 2.78. The Morgan fingerprint density at radius 3 is 2.83 bits per heavy atom. The van der Waals surface area contributed by atoms with Gasteiger partial charge < -0.3 is 10.1 Å². The fourth-order valence-corrected chi connectivity index (χ4v) is 1.94. The number of methoxy groups -OCH3 is 1. The molecule has 1 unspecified atom stereocenters. The molecule has 0 aliphatic carbocycles. The lowest BCUT2D eigenvalue weighted by atomic mass is 10.1. The van der Waals surface area contributed by atoms with E-state index in [0.717, 1.165) is 24.9 Å². The van der Waals surface area contributed by atoms with Gasteiger partial charge in [-0.1, -0.05) is 31.4 Å². The van der Waals surface area contributed by atoms with Crippen molar-refractivity contribution in [2.45, 2.75) is 39.2 Å². The number of benzene rings is 1. The van der Waals surface area contributed by atoms with Crippen molar-refractivity contribution in [3.8, 4) is 0 Å². The van der Waals surface area contributed by atoms with Crippen molar-refractivity contribution in [2.75, 3.05) is 12.4 Å². The van der Waals surface area contributed by atoms with Crippen LogP contribution in [0.15, 0.2) is 18.2 Å².